The summed E-state index contributed by atoms with van der Waals surface area (Å²) in [4.78, 5) is 3.23. The number of aryl methyl sites for hydroxylation is 2. The third-order valence-corrected chi connectivity index (χ3v) is 3.27. The molecule has 1 aromatic carbocycles. The van der Waals surface area contributed by atoms with E-state index in [1.807, 2.05) is 32.9 Å². The zero-order valence-electron chi connectivity index (χ0n) is 9.83. The number of benzene rings is 1. The zero-order valence-corrected chi connectivity index (χ0v) is 9.83. The normalized spacial score (nSPS) is 13.2. The van der Waals surface area contributed by atoms with Gasteiger partial charge in [-0.05, 0) is 31.0 Å². The number of aliphatic hydroxyl groups excluding tert-OH is 1. The number of hydrogen-bond donors (Lipinski definition) is 3. The smallest absolute Gasteiger partial charge is 0.128 e. The molecule has 1 heterocycles. The monoisotopic (exact) mass is 219 g/mol. The molecule has 0 radical (unpaired) electrons. The van der Waals surface area contributed by atoms with Crippen LogP contribution in [0.15, 0.2) is 12.1 Å². The number of rotatable bonds is 2. The fraction of sp³-hybridized carbons (Fsp3) is 0.385. The van der Waals surface area contributed by atoms with Crippen LogP contribution >= 0.6 is 0 Å². The minimum absolute atomic E-state index is 0.0426. The predicted octanol–water partition coefficient (Wildman–Crippen LogP) is 2.59. The first kappa shape index (κ1) is 11.0. The Kier molecular flexibility index (Phi) is 2.64. The van der Waals surface area contributed by atoms with Crippen LogP contribution in [0.1, 0.15) is 29.7 Å². The van der Waals surface area contributed by atoms with Crippen LogP contribution in [0.4, 0.5) is 0 Å². The number of fused-ring (bicyclic) bond motifs is 1. The predicted molar refractivity (Wildman–Crippen MR) is 64.9 cm³/mol. The fourth-order valence-electron chi connectivity index (χ4n) is 2.07. The summed E-state index contributed by atoms with van der Waals surface area (Å²) in [6.07, 6.45) is 0. The Balaban J connectivity index is 2.73. The third kappa shape index (κ3) is 1.48. The lowest BCUT2D eigenvalue weighted by molar-refractivity contribution is 0.270. The van der Waals surface area contributed by atoms with Crippen molar-refractivity contribution in [1.82, 2.24) is 4.98 Å². The Morgan fingerprint density at radius 1 is 1.31 bits per heavy atom. The number of aliphatic hydroxyl groups is 1. The average Bonchev–Trinajstić information content (AvgIpc) is 2.55. The summed E-state index contributed by atoms with van der Waals surface area (Å²) in [6.45, 7) is 5.92. The molecule has 16 heavy (non-hydrogen) atoms. The maximum absolute atomic E-state index is 10.2. The molecule has 0 amide bonds. The summed E-state index contributed by atoms with van der Waals surface area (Å²) in [5, 5.41) is 20.2. The van der Waals surface area contributed by atoms with Crippen molar-refractivity contribution in [2.24, 2.45) is 0 Å². The van der Waals surface area contributed by atoms with Crippen molar-refractivity contribution in [2.75, 3.05) is 6.61 Å². The Morgan fingerprint density at radius 3 is 2.62 bits per heavy atom. The molecular formula is C13H17NO2. The molecule has 0 bridgehead atoms. The maximum Gasteiger partial charge on any atom is 0.128 e. The molecule has 0 saturated heterocycles. The summed E-state index contributed by atoms with van der Waals surface area (Å²) in [5.74, 6) is 0.250. The van der Waals surface area contributed by atoms with Gasteiger partial charge >= 0.3 is 0 Å². The van der Waals surface area contributed by atoms with Gasteiger partial charge < -0.3 is 15.2 Å². The van der Waals surface area contributed by atoms with Gasteiger partial charge in [0.1, 0.15) is 5.75 Å². The van der Waals surface area contributed by atoms with Crippen LogP contribution in [0.2, 0.25) is 0 Å². The SMILES string of the molecule is Cc1[nH]c2ccc(C(C)CO)c(O)c2c1C. The third-order valence-electron chi connectivity index (χ3n) is 3.27. The van der Waals surface area contributed by atoms with E-state index in [1.54, 1.807) is 0 Å². The van der Waals surface area contributed by atoms with Gasteiger partial charge in [0.25, 0.3) is 0 Å². The van der Waals surface area contributed by atoms with Gasteiger partial charge in [0, 0.05) is 29.1 Å². The highest BCUT2D eigenvalue weighted by molar-refractivity contribution is 5.91. The van der Waals surface area contributed by atoms with Gasteiger partial charge in [0.15, 0.2) is 0 Å². The molecule has 0 fully saturated rings. The van der Waals surface area contributed by atoms with Crippen LogP contribution in [0.25, 0.3) is 10.9 Å². The lowest BCUT2D eigenvalue weighted by Crippen LogP contribution is -1.99. The molecular weight excluding hydrogens is 202 g/mol. The Morgan fingerprint density at radius 2 is 2.00 bits per heavy atom. The average molecular weight is 219 g/mol. The number of phenolic OH excluding ortho intramolecular Hbond substituents is 1. The second-order valence-electron chi connectivity index (χ2n) is 4.38. The van der Waals surface area contributed by atoms with Gasteiger partial charge in [-0.25, -0.2) is 0 Å². The number of phenols is 1. The lowest BCUT2D eigenvalue weighted by Gasteiger charge is -2.11. The van der Waals surface area contributed by atoms with E-state index in [4.69, 9.17) is 5.11 Å². The molecule has 86 valence electrons. The Labute approximate surface area is 94.7 Å². The van der Waals surface area contributed by atoms with E-state index < -0.39 is 0 Å². The summed E-state index contributed by atoms with van der Waals surface area (Å²) in [6, 6.07) is 3.82. The first-order chi connectivity index (χ1) is 7.56. The lowest BCUT2D eigenvalue weighted by atomic mass is 9.98. The van der Waals surface area contributed by atoms with E-state index >= 15 is 0 Å². The number of hydrogen-bond acceptors (Lipinski definition) is 2. The van der Waals surface area contributed by atoms with Crippen LogP contribution in [-0.2, 0) is 0 Å². The zero-order chi connectivity index (χ0) is 11.9. The minimum Gasteiger partial charge on any atom is -0.507 e. The van der Waals surface area contributed by atoms with E-state index in [0.29, 0.717) is 5.75 Å². The van der Waals surface area contributed by atoms with Crippen molar-refractivity contribution in [2.45, 2.75) is 26.7 Å². The maximum atomic E-state index is 10.2. The van der Waals surface area contributed by atoms with Crippen molar-refractivity contribution in [3.8, 4) is 5.75 Å². The quantitative estimate of drug-likeness (QED) is 0.727. The number of aromatic hydroxyl groups is 1. The number of aromatic nitrogens is 1. The molecule has 0 saturated carbocycles. The van der Waals surface area contributed by atoms with Crippen molar-refractivity contribution < 1.29 is 10.2 Å². The summed E-state index contributed by atoms with van der Waals surface area (Å²) < 4.78 is 0. The van der Waals surface area contributed by atoms with Crippen LogP contribution in [-0.4, -0.2) is 21.8 Å². The molecule has 1 unspecified atom stereocenters. The van der Waals surface area contributed by atoms with Crippen molar-refractivity contribution in [3.05, 3.63) is 29.0 Å². The first-order valence-electron chi connectivity index (χ1n) is 5.47. The molecule has 1 aromatic heterocycles. The summed E-state index contributed by atoms with van der Waals surface area (Å²) >= 11 is 0. The molecule has 0 aliphatic carbocycles. The molecule has 1 atom stereocenters. The van der Waals surface area contributed by atoms with Crippen LogP contribution in [0, 0.1) is 13.8 Å². The van der Waals surface area contributed by atoms with Crippen molar-refractivity contribution in [3.63, 3.8) is 0 Å². The molecule has 3 N–H and O–H groups in total. The Bertz CT molecular complexity index is 528. The minimum atomic E-state index is -0.0426. The van der Waals surface area contributed by atoms with E-state index in [0.717, 1.165) is 27.7 Å². The van der Waals surface area contributed by atoms with Gasteiger partial charge in [-0.1, -0.05) is 13.0 Å². The topological polar surface area (TPSA) is 56.2 Å². The van der Waals surface area contributed by atoms with Gasteiger partial charge in [-0.3, -0.25) is 0 Å². The molecule has 2 aromatic rings. The van der Waals surface area contributed by atoms with Gasteiger partial charge in [-0.15, -0.1) is 0 Å². The van der Waals surface area contributed by atoms with E-state index in [2.05, 4.69) is 4.98 Å². The second kappa shape index (κ2) is 3.83. The molecule has 0 aliphatic heterocycles. The highest BCUT2D eigenvalue weighted by Gasteiger charge is 2.15. The fourth-order valence-corrected chi connectivity index (χ4v) is 2.07. The summed E-state index contributed by atoms with van der Waals surface area (Å²) in [7, 11) is 0. The number of H-pyrrole nitrogens is 1. The number of aromatic amines is 1. The molecule has 0 spiro atoms. The highest BCUT2D eigenvalue weighted by Crippen LogP contribution is 2.36. The van der Waals surface area contributed by atoms with Crippen LogP contribution in [0.3, 0.4) is 0 Å². The van der Waals surface area contributed by atoms with Crippen molar-refractivity contribution >= 4 is 10.9 Å². The first-order valence-corrected chi connectivity index (χ1v) is 5.47. The summed E-state index contributed by atoms with van der Waals surface area (Å²) in [5.41, 5.74) is 3.89. The molecule has 0 aliphatic rings. The molecule has 3 heteroatoms. The second-order valence-corrected chi connectivity index (χ2v) is 4.38. The van der Waals surface area contributed by atoms with Crippen molar-refractivity contribution in [1.29, 1.82) is 0 Å². The van der Waals surface area contributed by atoms with Crippen LogP contribution in [0.5, 0.6) is 5.75 Å². The van der Waals surface area contributed by atoms with Gasteiger partial charge in [-0.2, -0.15) is 0 Å². The standard InChI is InChI=1S/C13H17NO2/c1-7(6-15)10-4-5-11-12(13(10)16)8(2)9(3)14-11/h4-5,7,14-16H,6H2,1-3H3. The van der Waals surface area contributed by atoms with E-state index in [-0.39, 0.29) is 12.5 Å². The van der Waals surface area contributed by atoms with E-state index in [1.165, 1.54) is 0 Å². The molecule has 2 rings (SSSR count). The van der Waals surface area contributed by atoms with Crippen LogP contribution < -0.4 is 0 Å². The number of nitrogens with one attached hydrogen (secondary N) is 1. The van der Waals surface area contributed by atoms with E-state index in [9.17, 15) is 5.11 Å². The molecule has 3 nitrogen and oxygen atoms in total. The van der Waals surface area contributed by atoms with Gasteiger partial charge in [0.05, 0.1) is 0 Å². The largest absolute Gasteiger partial charge is 0.507 e. The Hall–Kier alpha value is -1.48. The highest BCUT2D eigenvalue weighted by atomic mass is 16.3. The van der Waals surface area contributed by atoms with Gasteiger partial charge in [0.2, 0.25) is 0 Å².